The van der Waals surface area contributed by atoms with Crippen LogP contribution in [-0.2, 0) is 6.54 Å². The maximum Gasteiger partial charge on any atom is 0.0912 e. The van der Waals surface area contributed by atoms with Crippen LogP contribution in [0.4, 0.5) is 0 Å². The quantitative estimate of drug-likeness (QED) is 0.935. The van der Waals surface area contributed by atoms with Gasteiger partial charge < -0.3 is 10.0 Å². The Kier molecular flexibility index (Phi) is 4.57. The highest BCUT2D eigenvalue weighted by atomic mass is 16.3. The number of nitrogens with zero attached hydrogens (tertiary/aromatic N) is 2. The molecule has 0 aliphatic carbocycles. The summed E-state index contributed by atoms with van der Waals surface area (Å²) in [5, 5.41) is 13.6. The van der Waals surface area contributed by atoms with Gasteiger partial charge in [0.25, 0.3) is 0 Å². The molecular weight excluding hydrogens is 296 g/mol. The first-order chi connectivity index (χ1) is 11.7. The molecule has 128 valence electrons. The van der Waals surface area contributed by atoms with Crippen LogP contribution in [0.1, 0.15) is 31.2 Å². The molecule has 2 aliphatic heterocycles. The second-order valence-electron chi connectivity index (χ2n) is 7.70. The summed E-state index contributed by atoms with van der Waals surface area (Å²) in [5.74, 6) is 0. The molecule has 0 radical (unpaired) electrons. The van der Waals surface area contributed by atoms with E-state index >= 15 is 0 Å². The summed E-state index contributed by atoms with van der Waals surface area (Å²) in [6.45, 7) is 5.90. The van der Waals surface area contributed by atoms with Crippen molar-refractivity contribution in [2.45, 2.75) is 37.8 Å². The number of piperidine rings is 1. The molecule has 0 saturated carbocycles. The smallest absolute Gasteiger partial charge is 0.0912 e. The summed E-state index contributed by atoms with van der Waals surface area (Å²) in [6, 6.07) is 15.2. The third-order valence-electron chi connectivity index (χ3n) is 5.60. The first-order valence-electron chi connectivity index (χ1n) is 9.35. The number of benzene rings is 2. The van der Waals surface area contributed by atoms with E-state index in [1.54, 1.807) is 0 Å². The zero-order valence-electron chi connectivity index (χ0n) is 14.5. The Morgan fingerprint density at radius 1 is 0.875 bits per heavy atom. The molecule has 2 aromatic rings. The van der Waals surface area contributed by atoms with Gasteiger partial charge in [0.15, 0.2) is 0 Å². The van der Waals surface area contributed by atoms with E-state index in [4.69, 9.17) is 0 Å². The van der Waals surface area contributed by atoms with Crippen molar-refractivity contribution < 1.29 is 5.11 Å². The average Bonchev–Trinajstić information content (AvgIpc) is 2.96. The van der Waals surface area contributed by atoms with Crippen LogP contribution in [0.5, 0.6) is 0 Å². The zero-order chi connectivity index (χ0) is 16.4. The van der Waals surface area contributed by atoms with E-state index in [9.17, 15) is 5.11 Å². The Hall–Kier alpha value is -1.42. The van der Waals surface area contributed by atoms with Gasteiger partial charge in [0.2, 0.25) is 0 Å². The van der Waals surface area contributed by atoms with Crippen molar-refractivity contribution in [3.63, 3.8) is 0 Å². The molecule has 3 heteroatoms. The van der Waals surface area contributed by atoms with Gasteiger partial charge in [-0.1, -0.05) is 42.8 Å². The number of β-amino-alcohol motifs (C(OH)–C–C–N with tert-alkyl or cyclic N) is 1. The van der Waals surface area contributed by atoms with Crippen LogP contribution in [0, 0.1) is 0 Å². The fourth-order valence-electron chi connectivity index (χ4n) is 4.33. The minimum absolute atomic E-state index is 0.520. The minimum atomic E-state index is -0.520. The molecular formula is C21H28N2O. The lowest BCUT2D eigenvalue weighted by atomic mass is 10.0. The third-order valence-corrected chi connectivity index (χ3v) is 5.60. The van der Waals surface area contributed by atoms with E-state index < -0.39 is 5.60 Å². The summed E-state index contributed by atoms with van der Waals surface area (Å²) < 4.78 is 0. The van der Waals surface area contributed by atoms with Gasteiger partial charge in [0.05, 0.1) is 5.60 Å². The molecule has 3 nitrogen and oxygen atoms in total. The third kappa shape index (κ3) is 3.64. The fourth-order valence-corrected chi connectivity index (χ4v) is 4.33. The summed E-state index contributed by atoms with van der Waals surface area (Å²) >= 11 is 0. The van der Waals surface area contributed by atoms with E-state index in [0.717, 1.165) is 45.7 Å². The normalized spacial score (nSPS) is 26.2. The second-order valence-corrected chi connectivity index (χ2v) is 7.70. The van der Waals surface area contributed by atoms with Crippen LogP contribution in [-0.4, -0.2) is 53.2 Å². The van der Waals surface area contributed by atoms with E-state index in [0.29, 0.717) is 0 Å². The van der Waals surface area contributed by atoms with E-state index in [2.05, 4.69) is 52.3 Å². The topological polar surface area (TPSA) is 26.7 Å². The van der Waals surface area contributed by atoms with Crippen LogP contribution >= 0.6 is 0 Å². The monoisotopic (exact) mass is 324 g/mol. The Morgan fingerprint density at radius 2 is 1.67 bits per heavy atom. The molecule has 1 N–H and O–H groups in total. The van der Waals surface area contributed by atoms with E-state index in [1.165, 1.54) is 35.6 Å². The number of aliphatic hydroxyl groups is 1. The predicted molar refractivity (Wildman–Crippen MR) is 99.1 cm³/mol. The van der Waals surface area contributed by atoms with Gasteiger partial charge in [-0.15, -0.1) is 0 Å². The van der Waals surface area contributed by atoms with Gasteiger partial charge in [0, 0.05) is 26.2 Å². The number of rotatable bonds is 4. The standard InChI is InChI=1S/C21H28N2O/c24-21(16-22-11-4-1-5-12-22)10-13-23(17-21)15-18-8-9-19-6-2-3-7-20(19)14-18/h2-3,6-9,14,24H,1,4-5,10-13,15-17H2. The van der Waals surface area contributed by atoms with Crippen molar-refractivity contribution in [3.05, 3.63) is 48.0 Å². The SMILES string of the molecule is OC1(CN2CCCCC2)CCN(Cc2ccc3ccccc3c2)C1. The molecule has 0 amide bonds. The van der Waals surface area contributed by atoms with Crippen LogP contribution < -0.4 is 0 Å². The molecule has 4 rings (SSSR count). The van der Waals surface area contributed by atoms with E-state index in [-0.39, 0.29) is 0 Å². The Morgan fingerprint density at radius 3 is 2.50 bits per heavy atom. The molecule has 0 spiro atoms. The first-order valence-corrected chi connectivity index (χ1v) is 9.35. The van der Waals surface area contributed by atoms with Crippen molar-refractivity contribution in [1.82, 2.24) is 9.80 Å². The highest BCUT2D eigenvalue weighted by molar-refractivity contribution is 5.82. The van der Waals surface area contributed by atoms with Gasteiger partial charge in [-0.3, -0.25) is 4.90 Å². The number of hydrogen-bond donors (Lipinski definition) is 1. The van der Waals surface area contributed by atoms with Gasteiger partial charge in [-0.2, -0.15) is 0 Å². The lowest BCUT2D eigenvalue weighted by molar-refractivity contribution is 0.00635. The summed E-state index contributed by atoms with van der Waals surface area (Å²) in [7, 11) is 0. The molecule has 0 bridgehead atoms. The minimum Gasteiger partial charge on any atom is -0.387 e. The van der Waals surface area contributed by atoms with Crippen LogP contribution in [0.25, 0.3) is 10.8 Å². The molecule has 2 heterocycles. The summed E-state index contributed by atoms with van der Waals surface area (Å²) in [6.07, 6.45) is 4.83. The molecule has 1 atom stereocenters. The fraction of sp³-hybridized carbons (Fsp3) is 0.524. The van der Waals surface area contributed by atoms with Gasteiger partial charge >= 0.3 is 0 Å². The maximum absolute atomic E-state index is 11.0. The molecule has 2 saturated heterocycles. The van der Waals surface area contributed by atoms with Crippen molar-refractivity contribution in [3.8, 4) is 0 Å². The van der Waals surface area contributed by atoms with Crippen LogP contribution in [0.2, 0.25) is 0 Å². The molecule has 0 aromatic heterocycles. The highest BCUT2D eigenvalue weighted by Gasteiger charge is 2.37. The number of fused-ring (bicyclic) bond motifs is 1. The van der Waals surface area contributed by atoms with Crippen molar-refractivity contribution >= 4 is 10.8 Å². The molecule has 1 unspecified atom stereocenters. The van der Waals surface area contributed by atoms with E-state index in [1.807, 2.05) is 0 Å². The first kappa shape index (κ1) is 16.1. The lowest BCUT2D eigenvalue weighted by Gasteiger charge is -2.33. The maximum atomic E-state index is 11.0. The highest BCUT2D eigenvalue weighted by Crippen LogP contribution is 2.26. The van der Waals surface area contributed by atoms with Crippen molar-refractivity contribution in [2.24, 2.45) is 0 Å². The molecule has 2 aromatic carbocycles. The Balaban J connectivity index is 1.38. The molecule has 24 heavy (non-hydrogen) atoms. The summed E-state index contributed by atoms with van der Waals surface area (Å²) in [5.41, 5.74) is 0.824. The van der Waals surface area contributed by atoms with Crippen LogP contribution in [0.15, 0.2) is 42.5 Å². The van der Waals surface area contributed by atoms with Crippen molar-refractivity contribution in [1.29, 1.82) is 0 Å². The zero-order valence-corrected chi connectivity index (χ0v) is 14.5. The summed E-state index contributed by atoms with van der Waals surface area (Å²) in [4.78, 5) is 4.87. The van der Waals surface area contributed by atoms with Crippen molar-refractivity contribution in [2.75, 3.05) is 32.7 Å². The molecule has 2 aliphatic rings. The van der Waals surface area contributed by atoms with Gasteiger partial charge in [-0.25, -0.2) is 0 Å². The largest absolute Gasteiger partial charge is 0.387 e. The number of hydrogen-bond acceptors (Lipinski definition) is 3. The molecule has 2 fully saturated rings. The second kappa shape index (κ2) is 6.83. The Labute approximate surface area is 144 Å². The lowest BCUT2D eigenvalue weighted by Crippen LogP contribution is -2.46. The van der Waals surface area contributed by atoms with Gasteiger partial charge in [0.1, 0.15) is 0 Å². The predicted octanol–water partition coefficient (Wildman–Crippen LogP) is 3.26. The van der Waals surface area contributed by atoms with Crippen LogP contribution in [0.3, 0.4) is 0 Å². The Bertz CT molecular complexity index is 695. The van der Waals surface area contributed by atoms with Gasteiger partial charge in [-0.05, 0) is 54.8 Å². The average molecular weight is 324 g/mol. The number of likely N-dealkylation sites (tertiary alicyclic amines) is 2.